The van der Waals surface area contributed by atoms with Crippen LogP contribution in [0.1, 0.15) is 25.0 Å². The zero-order valence-electron chi connectivity index (χ0n) is 22.6. The topological polar surface area (TPSA) is 188 Å². The molecule has 0 aliphatic rings. The number of benzene rings is 2. The summed E-state index contributed by atoms with van der Waals surface area (Å²) in [6, 6.07) is 2.45. The molecule has 0 atom stereocenters. The molecule has 0 fully saturated rings. The van der Waals surface area contributed by atoms with Crippen molar-refractivity contribution in [1.82, 2.24) is 0 Å². The molecule has 0 heterocycles. The van der Waals surface area contributed by atoms with Crippen LogP contribution in [0.2, 0.25) is 0 Å². The van der Waals surface area contributed by atoms with E-state index in [1.54, 1.807) is 13.8 Å². The van der Waals surface area contributed by atoms with Crippen molar-refractivity contribution in [2.75, 3.05) is 26.4 Å². The third-order valence-electron chi connectivity index (χ3n) is 5.14. The summed E-state index contributed by atoms with van der Waals surface area (Å²) in [6.45, 7) is 0.613. The van der Waals surface area contributed by atoms with Gasteiger partial charge in [0.2, 0.25) is 20.8 Å². The third kappa shape index (κ3) is 12.7. The summed E-state index contributed by atoms with van der Waals surface area (Å²) in [6.07, 6.45) is -5.61. The van der Waals surface area contributed by atoms with Crippen molar-refractivity contribution >= 4 is 20.8 Å². The molecule has 0 unspecified atom stereocenters. The summed E-state index contributed by atoms with van der Waals surface area (Å²) in [4.78, 5) is 8.28. The first-order valence-electron chi connectivity index (χ1n) is 11.7. The molecule has 14 nitrogen and oxygen atoms in total. The molecule has 0 aromatic heterocycles. The Morgan fingerprint density at radius 2 is 0.978 bits per heavy atom. The van der Waals surface area contributed by atoms with E-state index in [0.717, 1.165) is 12.1 Å². The van der Waals surface area contributed by atoms with E-state index in [-0.39, 0.29) is 11.1 Å². The summed E-state index contributed by atoms with van der Waals surface area (Å²) >= 11 is 0. The zero-order valence-corrected chi connectivity index (χ0v) is 24.2. The quantitative estimate of drug-likeness (QED) is 0.0405. The second kappa shape index (κ2) is 16.1. The Morgan fingerprint density at radius 3 is 1.29 bits per heavy atom. The number of ether oxygens (including phenoxy) is 4. The van der Waals surface area contributed by atoms with Gasteiger partial charge in [-0.15, -0.1) is 8.67 Å². The minimum absolute atomic E-state index is 0.284. The van der Waals surface area contributed by atoms with E-state index in [0.29, 0.717) is 0 Å². The summed E-state index contributed by atoms with van der Waals surface area (Å²) in [5.74, 6) is -1.94. The molecular formula is C23H20F6O14S2-2. The molecule has 0 aliphatic heterocycles. The fourth-order valence-electron chi connectivity index (χ4n) is 3.18. The smallest absolute Gasteiger partial charge is 0.344 e. The Kier molecular flexibility index (Phi) is 13.4. The van der Waals surface area contributed by atoms with E-state index in [2.05, 4.69) is 27.9 Å². The van der Waals surface area contributed by atoms with Gasteiger partial charge in [-0.25, -0.2) is 26.6 Å². The first-order valence-corrected chi connectivity index (χ1v) is 14.3. The molecule has 2 rings (SSSR count). The van der Waals surface area contributed by atoms with Gasteiger partial charge in [0.25, 0.3) is 0 Å². The Labute approximate surface area is 251 Å². The van der Waals surface area contributed by atoms with E-state index in [1.807, 2.05) is 0 Å². The SMILES string of the molecule is CC(C)(c1ccc(OC(F)=C(F)F)c(OCCOOS(=O)(=O)[O-])c1)c1ccc(OC(F)=C(F)F)c(OCCOOS(=O)(=O)[O-])c1. The van der Waals surface area contributed by atoms with Crippen LogP contribution >= 0.6 is 0 Å². The van der Waals surface area contributed by atoms with Gasteiger partial charge in [0.1, 0.15) is 26.4 Å². The van der Waals surface area contributed by atoms with Crippen molar-refractivity contribution in [2.45, 2.75) is 19.3 Å². The Bertz CT molecular complexity index is 1490. The number of hydrogen-bond donors (Lipinski definition) is 0. The molecule has 0 radical (unpaired) electrons. The summed E-state index contributed by atoms with van der Waals surface area (Å²) in [5.41, 5.74) is -0.585. The minimum Gasteiger partial charge on any atom is -0.724 e. The summed E-state index contributed by atoms with van der Waals surface area (Å²) < 4.78 is 167. The monoisotopic (exact) mass is 698 g/mol. The average molecular weight is 699 g/mol. The Balaban J connectivity index is 2.43. The average Bonchev–Trinajstić information content (AvgIpc) is 2.92. The van der Waals surface area contributed by atoms with Crippen LogP contribution in [0.4, 0.5) is 26.3 Å². The highest BCUT2D eigenvalue weighted by molar-refractivity contribution is 7.80. The maximum Gasteiger partial charge on any atom is 0.344 e. The van der Waals surface area contributed by atoms with Crippen molar-refractivity contribution in [3.05, 3.63) is 71.7 Å². The standard InChI is InChI=1S/C23H22F6O14S2/c1-23(2,13-3-5-15(40-21(28)19(24)25)17(11-13)36-7-9-38-42-44(30,31)32)14-4-6-16(41-22(29)20(26)27)18(12-14)37-8-10-39-43-45(33,34)35/h3-6,11-12H,7-10H2,1-2H3,(H,30,31,32)(H,33,34,35)/p-2. The van der Waals surface area contributed by atoms with Crippen LogP contribution in [0.25, 0.3) is 0 Å². The van der Waals surface area contributed by atoms with Gasteiger partial charge >= 0.3 is 24.2 Å². The van der Waals surface area contributed by atoms with Crippen molar-refractivity contribution in [3.63, 3.8) is 0 Å². The Hall–Kier alpha value is -3.64. The molecule has 0 amide bonds. The third-order valence-corrected chi connectivity index (χ3v) is 5.66. The van der Waals surface area contributed by atoms with Crippen molar-refractivity contribution in [2.24, 2.45) is 0 Å². The number of halogens is 6. The molecular weight excluding hydrogens is 678 g/mol. The van der Waals surface area contributed by atoms with Gasteiger partial charge in [0, 0.05) is 5.41 Å². The zero-order chi connectivity index (χ0) is 34.0. The number of rotatable bonds is 18. The Morgan fingerprint density at radius 1 is 0.622 bits per heavy atom. The molecule has 2 aromatic carbocycles. The summed E-state index contributed by atoms with van der Waals surface area (Å²) in [5, 5.41) is 0. The molecule has 0 aliphatic carbocycles. The summed E-state index contributed by atoms with van der Waals surface area (Å²) in [7, 11) is -10.4. The van der Waals surface area contributed by atoms with Gasteiger partial charge in [0.05, 0.1) is 0 Å². The predicted molar refractivity (Wildman–Crippen MR) is 131 cm³/mol. The molecule has 0 saturated carbocycles. The lowest BCUT2D eigenvalue weighted by molar-refractivity contribution is -0.212. The second-order valence-corrected chi connectivity index (χ2v) is 10.4. The van der Waals surface area contributed by atoms with E-state index in [1.165, 1.54) is 24.3 Å². The van der Waals surface area contributed by atoms with Gasteiger partial charge in [-0.2, -0.15) is 26.3 Å². The maximum atomic E-state index is 13.5. The van der Waals surface area contributed by atoms with Gasteiger partial charge < -0.3 is 28.1 Å². The predicted octanol–water partition coefficient (Wildman–Crippen LogP) is 4.41. The van der Waals surface area contributed by atoms with Crippen molar-refractivity contribution in [3.8, 4) is 23.0 Å². The fourth-order valence-corrected chi connectivity index (χ4v) is 3.55. The lowest BCUT2D eigenvalue weighted by Gasteiger charge is -2.28. The fraction of sp³-hybridized carbons (Fsp3) is 0.304. The van der Waals surface area contributed by atoms with E-state index in [4.69, 9.17) is 9.47 Å². The van der Waals surface area contributed by atoms with Crippen LogP contribution in [0.15, 0.2) is 60.6 Å². The van der Waals surface area contributed by atoms with Crippen LogP contribution in [0.3, 0.4) is 0 Å². The van der Waals surface area contributed by atoms with Crippen LogP contribution in [0.5, 0.6) is 23.0 Å². The molecule has 0 bridgehead atoms. The molecule has 2 aromatic rings. The maximum absolute atomic E-state index is 13.5. The van der Waals surface area contributed by atoms with Gasteiger partial charge in [-0.05, 0) is 35.4 Å². The molecule has 0 spiro atoms. The largest absolute Gasteiger partial charge is 0.724 e. The van der Waals surface area contributed by atoms with Crippen LogP contribution in [-0.2, 0) is 44.7 Å². The highest BCUT2D eigenvalue weighted by Crippen LogP contribution is 2.41. The second-order valence-electron chi connectivity index (χ2n) is 8.51. The van der Waals surface area contributed by atoms with E-state index < -0.39 is 99.8 Å². The van der Waals surface area contributed by atoms with Gasteiger partial charge in [-0.3, -0.25) is 0 Å². The van der Waals surface area contributed by atoms with Crippen LogP contribution in [-0.4, -0.2) is 52.4 Å². The molecule has 45 heavy (non-hydrogen) atoms. The molecule has 252 valence electrons. The van der Waals surface area contributed by atoms with Crippen LogP contribution < -0.4 is 18.9 Å². The van der Waals surface area contributed by atoms with E-state index in [9.17, 15) is 52.3 Å². The van der Waals surface area contributed by atoms with E-state index >= 15 is 0 Å². The minimum atomic E-state index is -5.21. The van der Waals surface area contributed by atoms with Crippen LogP contribution in [0, 0.1) is 0 Å². The molecule has 0 N–H and O–H groups in total. The van der Waals surface area contributed by atoms with Crippen molar-refractivity contribution in [1.29, 1.82) is 0 Å². The van der Waals surface area contributed by atoms with Gasteiger partial charge in [-0.1, -0.05) is 26.0 Å². The lowest BCUT2D eigenvalue weighted by atomic mass is 9.78. The number of hydrogen-bond acceptors (Lipinski definition) is 14. The molecule has 0 saturated heterocycles. The van der Waals surface area contributed by atoms with Crippen molar-refractivity contribution < 1.29 is 89.7 Å². The normalized spacial score (nSPS) is 12.0. The first kappa shape index (κ1) is 37.5. The van der Waals surface area contributed by atoms with Gasteiger partial charge in [0.15, 0.2) is 23.0 Å². The highest BCUT2D eigenvalue weighted by atomic mass is 32.3. The highest BCUT2D eigenvalue weighted by Gasteiger charge is 2.27. The first-order chi connectivity index (χ1) is 20.8. The molecule has 22 heteroatoms. The lowest BCUT2D eigenvalue weighted by Crippen LogP contribution is -2.20.